The van der Waals surface area contributed by atoms with Crippen LogP contribution in [-0.4, -0.2) is 24.7 Å². The van der Waals surface area contributed by atoms with Gasteiger partial charge in [0.2, 0.25) is 5.91 Å². The summed E-state index contributed by atoms with van der Waals surface area (Å²) in [6.45, 7) is 9.86. The number of carbonyl (C=O) groups excluding carboxylic acids is 1. The standard InChI is InChI=1S/C9H14N2O/c1-4-8(3)10-6-7-11-9(12)5-2/h4-5H,1-2,6-7H2,3H3,(H,11,12). The van der Waals surface area contributed by atoms with Gasteiger partial charge in [0.25, 0.3) is 0 Å². The third-order valence-electron chi connectivity index (χ3n) is 1.25. The molecule has 0 unspecified atom stereocenters. The van der Waals surface area contributed by atoms with E-state index in [-0.39, 0.29) is 5.91 Å². The molecule has 1 amide bonds. The lowest BCUT2D eigenvalue weighted by atomic mass is 10.4. The molecule has 0 saturated carbocycles. The molecule has 0 atom stereocenters. The largest absolute Gasteiger partial charge is 0.351 e. The Morgan fingerprint density at radius 3 is 2.67 bits per heavy atom. The van der Waals surface area contributed by atoms with Gasteiger partial charge in [-0.2, -0.15) is 0 Å². The van der Waals surface area contributed by atoms with E-state index < -0.39 is 0 Å². The lowest BCUT2D eigenvalue weighted by Crippen LogP contribution is -2.23. The SMILES string of the molecule is C=CC(=O)NCCN=C(C)C=C. The first-order valence-corrected chi connectivity index (χ1v) is 3.74. The Bertz CT molecular complexity index is 207. The highest BCUT2D eigenvalue weighted by molar-refractivity contribution is 5.92. The minimum Gasteiger partial charge on any atom is -0.351 e. The first kappa shape index (κ1) is 10.6. The van der Waals surface area contributed by atoms with Crippen molar-refractivity contribution in [3.63, 3.8) is 0 Å². The summed E-state index contributed by atoms with van der Waals surface area (Å²) in [5.41, 5.74) is 0.878. The molecule has 0 aliphatic carbocycles. The first-order valence-electron chi connectivity index (χ1n) is 3.74. The van der Waals surface area contributed by atoms with Crippen molar-refractivity contribution in [1.82, 2.24) is 5.32 Å². The minimum absolute atomic E-state index is 0.165. The van der Waals surface area contributed by atoms with Gasteiger partial charge >= 0.3 is 0 Å². The Balaban J connectivity index is 3.51. The highest BCUT2D eigenvalue weighted by Gasteiger charge is 1.90. The second-order valence-electron chi connectivity index (χ2n) is 2.22. The van der Waals surface area contributed by atoms with E-state index in [1.54, 1.807) is 6.08 Å². The average Bonchev–Trinajstić information content (AvgIpc) is 2.11. The van der Waals surface area contributed by atoms with Crippen LogP contribution in [0.1, 0.15) is 6.92 Å². The summed E-state index contributed by atoms with van der Waals surface area (Å²) in [6, 6.07) is 0. The predicted molar refractivity (Wildman–Crippen MR) is 51.4 cm³/mol. The molecule has 0 fully saturated rings. The Hall–Kier alpha value is -1.38. The number of nitrogens with zero attached hydrogens (tertiary/aromatic N) is 1. The molecule has 0 aromatic heterocycles. The molecule has 0 aliphatic heterocycles. The lowest BCUT2D eigenvalue weighted by Gasteiger charge is -1.97. The summed E-state index contributed by atoms with van der Waals surface area (Å²) in [5, 5.41) is 2.61. The maximum Gasteiger partial charge on any atom is 0.243 e. The van der Waals surface area contributed by atoms with E-state index in [1.165, 1.54) is 6.08 Å². The average molecular weight is 166 g/mol. The van der Waals surface area contributed by atoms with Crippen molar-refractivity contribution in [3.05, 3.63) is 25.3 Å². The predicted octanol–water partition coefficient (Wildman–Crippen LogP) is 0.935. The third kappa shape index (κ3) is 5.41. The Morgan fingerprint density at radius 1 is 1.50 bits per heavy atom. The topological polar surface area (TPSA) is 41.5 Å². The van der Waals surface area contributed by atoms with Crippen LogP contribution in [-0.2, 0) is 4.79 Å². The molecule has 0 rings (SSSR count). The lowest BCUT2D eigenvalue weighted by molar-refractivity contribution is -0.116. The fourth-order valence-corrected chi connectivity index (χ4v) is 0.548. The van der Waals surface area contributed by atoms with Crippen LogP contribution in [0.15, 0.2) is 30.3 Å². The van der Waals surface area contributed by atoms with E-state index in [0.717, 1.165) is 5.71 Å². The monoisotopic (exact) mass is 166 g/mol. The number of aliphatic imine (C=N–C) groups is 1. The van der Waals surface area contributed by atoms with Crippen LogP contribution >= 0.6 is 0 Å². The van der Waals surface area contributed by atoms with Gasteiger partial charge in [0.1, 0.15) is 0 Å². The number of allylic oxidation sites excluding steroid dienone is 1. The van der Waals surface area contributed by atoms with Gasteiger partial charge in [0.15, 0.2) is 0 Å². The zero-order valence-corrected chi connectivity index (χ0v) is 7.34. The fraction of sp³-hybridized carbons (Fsp3) is 0.333. The Kier molecular flexibility index (Phi) is 5.61. The van der Waals surface area contributed by atoms with E-state index in [9.17, 15) is 4.79 Å². The summed E-state index contributed by atoms with van der Waals surface area (Å²) in [4.78, 5) is 14.7. The molecule has 12 heavy (non-hydrogen) atoms. The molecule has 0 bridgehead atoms. The van der Waals surface area contributed by atoms with Gasteiger partial charge < -0.3 is 5.32 Å². The van der Waals surface area contributed by atoms with Crippen molar-refractivity contribution in [2.24, 2.45) is 4.99 Å². The highest BCUT2D eigenvalue weighted by atomic mass is 16.1. The minimum atomic E-state index is -0.165. The molecule has 0 aromatic carbocycles. The van der Waals surface area contributed by atoms with Gasteiger partial charge in [-0.25, -0.2) is 0 Å². The maximum atomic E-state index is 10.6. The Labute approximate surface area is 72.9 Å². The number of rotatable bonds is 5. The number of amides is 1. The van der Waals surface area contributed by atoms with Crippen molar-refractivity contribution in [3.8, 4) is 0 Å². The molecule has 0 saturated heterocycles. The zero-order valence-electron chi connectivity index (χ0n) is 7.34. The van der Waals surface area contributed by atoms with Gasteiger partial charge in [-0.1, -0.05) is 13.2 Å². The van der Waals surface area contributed by atoms with Crippen molar-refractivity contribution in [2.75, 3.05) is 13.1 Å². The fourth-order valence-electron chi connectivity index (χ4n) is 0.548. The highest BCUT2D eigenvalue weighted by Crippen LogP contribution is 1.77. The number of hydrogen-bond acceptors (Lipinski definition) is 2. The van der Waals surface area contributed by atoms with E-state index in [1.807, 2.05) is 6.92 Å². The van der Waals surface area contributed by atoms with Crippen LogP contribution in [0.25, 0.3) is 0 Å². The third-order valence-corrected chi connectivity index (χ3v) is 1.25. The van der Waals surface area contributed by atoms with Crippen molar-refractivity contribution in [2.45, 2.75) is 6.92 Å². The number of carbonyl (C=O) groups is 1. The molecule has 0 aromatic rings. The smallest absolute Gasteiger partial charge is 0.243 e. The molecule has 0 aliphatic rings. The number of hydrogen-bond donors (Lipinski definition) is 1. The Morgan fingerprint density at radius 2 is 2.17 bits per heavy atom. The normalized spacial score (nSPS) is 10.6. The van der Waals surface area contributed by atoms with E-state index in [2.05, 4.69) is 23.5 Å². The zero-order chi connectivity index (χ0) is 9.40. The quantitative estimate of drug-likeness (QED) is 0.368. The van der Waals surface area contributed by atoms with Gasteiger partial charge in [-0.05, 0) is 19.1 Å². The van der Waals surface area contributed by atoms with Crippen molar-refractivity contribution in [1.29, 1.82) is 0 Å². The van der Waals surface area contributed by atoms with E-state index >= 15 is 0 Å². The molecule has 0 radical (unpaired) electrons. The molecule has 66 valence electrons. The molecular weight excluding hydrogens is 152 g/mol. The van der Waals surface area contributed by atoms with Crippen LogP contribution in [0.3, 0.4) is 0 Å². The van der Waals surface area contributed by atoms with Gasteiger partial charge in [-0.15, -0.1) is 0 Å². The van der Waals surface area contributed by atoms with Crippen molar-refractivity contribution < 1.29 is 4.79 Å². The van der Waals surface area contributed by atoms with Crippen molar-refractivity contribution >= 4 is 11.6 Å². The molecule has 3 nitrogen and oxygen atoms in total. The summed E-state index contributed by atoms with van der Waals surface area (Å²) >= 11 is 0. The van der Waals surface area contributed by atoms with E-state index in [0.29, 0.717) is 13.1 Å². The summed E-state index contributed by atoms with van der Waals surface area (Å²) in [5.74, 6) is -0.165. The number of nitrogens with one attached hydrogen (secondary N) is 1. The summed E-state index contributed by atoms with van der Waals surface area (Å²) in [7, 11) is 0. The van der Waals surface area contributed by atoms with Crippen LogP contribution < -0.4 is 5.32 Å². The van der Waals surface area contributed by atoms with Crippen LogP contribution in [0.2, 0.25) is 0 Å². The van der Waals surface area contributed by atoms with Crippen LogP contribution in [0.4, 0.5) is 0 Å². The molecule has 1 N–H and O–H groups in total. The molecule has 0 spiro atoms. The summed E-state index contributed by atoms with van der Waals surface area (Å²) < 4.78 is 0. The van der Waals surface area contributed by atoms with Gasteiger partial charge in [-0.3, -0.25) is 9.79 Å². The van der Waals surface area contributed by atoms with Gasteiger partial charge in [0.05, 0.1) is 6.54 Å². The van der Waals surface area contributed by atoms with E-state index in [4.69, 9.17) is 0 Å². The molecule has 0 heterocycles. The molecule has 3 heteroatoms. The maximum absolute atomic E-state index is 10.6. The molecular formula is C9H14N2O. The summed E-state index contributed by atoms with van der Waals surface area (Å²) in [6.07, 6.45) is 2.92. The van der Waals surface area contributed by atoms with Gasteiger partial charge in [0, 0.05) is 12.3 Å². The second-order valence-corrected chi connectivity index (χ2v) is 2.22. The first-order chi connectivity index (χ1) is 5.70. The van der Waals surface area contributed by atoms with Crippen LogP contribution in [0.5, 0.6) is 0 Å². The van der Waals surface area contributed by atoms with Crippen LogP contribution in [0, 0.1) is 0 Å². The second kappa shape index (κ2) is 6.34.